The summed E-state index contributed by atoms with van der Waals surface area (Å²) in [6.07, 6.45) is 0.494. The minimum Gasteiger partial charge on any atom is -0.388 e. The molecule has 0 radical (unpaired) electrons. The number of aliphatic hydroxyl groups excluding tert-OH is 1. The van der Waals surface area contributed by atoms with Crippen molar-refractivity contribution in [2.45, 2.75) is 19.6 Å². The molecular weight excluding hydrogens is 393 g/mol. The van der Waals surface area contributed by atoms with E-state index in [1.807, 2.05) is 12.1 Å². The van der Waals surface area contributed by atoms with Gasteiger partial charge in [0.15, 0.2) is 5.82 Å². The fourth-order valence-electron chi connectivity index (χ4n) is 3.30. The van der Waals surface area contributed by atoms with Crippen LogP contribution >= 0.6 is 23.2 Å². The van der Waals surface area contributed by atoms with E-state index < -0.39 is 11.0 Å². The molecule has 1 aliphatic rings. The Kier molecular flexibility index (Phi) is 6.21. The molecule has 0 bridgehead atoms. The van der Waals surface area contributed by atoms with Gasteiger partial charge < -0.3 is 20.1 Å². The number of benzene rings is 1. The van der Waals surface area contributed by atoms with E-state index in [9.17, 15) is 15.2 Å². The third kappa shape index (κ3) is 4.52. The molecule has 2 aromatic rings. The van der Waals surface area contributed by atoms with Gasteiger partial charge >= 0.3 is 5.82 Å². The molecule has 1 atom stereocenters. The molecule has 10 heteroatoms. The summed E-state index contributed by atoms with van der Waals surface area (Å²) in [6, 6.07) is 5.58. The van der Waals surface area contributed by atoms with E-state index >= 15 is 0 Å². The number of imidazole rings is 1. The molecule has 1 unspecified atom stereocenters. The number of nitro groups is 1. The average molecular weight is 414 g/mol. The fraction of sp³-hybridized carbons (Fsp3) is 0.471. The van der Waals surface area contributed by atoms with Gasteiger partial charge in [-0.15, -0.1) is 0 Å². The third-order valence-corrected chi connectivity index (χ3v) is 5.54. The quantitative estimate of drug-likeness (QED) is 0.578. The third-order valence-electron chi connectivity index (χ3n) is 4.73. The highest BCUT2D eigenvalue weighted by Crippen LogP contribution is 2.32. The zero-order valence-electron chi connectivity index (χ0n) is 14.9. The Labute approximate surface area is 167 Å². The number of hydrogen-bond donors (Lipinski definition) is 1. The highest BCUT2D eigenvalue weighted by Gasteiger charge is 2.24. The number of anilines is 1. The summed E-state index contributed by atoms with van der Waals surface area (Å²) < 4.78 is 1.44. The van der Waals surface area contributed by atoms with Gasteiger partial charge in [-0.3, -0.25) is 4.90 Å². The number of rotatable bonds is 6. The molecule has 0 amide bonds. The molecule has 8 nitrogen and oxygen atoms in total. The SMILES string of the molecule is Cc1ncc([N+](=O)[O-])n1CC(O)CN1CCN(c2cccc(Cl)c2Cl)CC1. The van der Waals surface area contributed by atoms with Gasteiger partial charge in [-0.25, -0.2) is 9.55 Å². The number of nitrogens with zero attached hydrogens (tertiary/aromatic N) is 5. The van der Waals surface area contributed by atoms with Gasteiger partial charge in [0.25, 0.3) is 0 Å². The van der Waals surface area contributed by atoms with Crippen LogP contribution in [0.25, 0.3) is 0 Å². The molecule has 1 aromatic carbocycles. The van der Waals surface area contributed by atoms with Crippen molar-refractivity contribution < 1.29 is 10.0 Å². The maximum absolute atomic E-state index is 11.1. The van der Waals surface area contributed by atoms with Crippen molar-refractivity contribution in [3.63, 3.8) is 0 Å². The number of aliphatic hydroxyl groups is 1. The Morgan fingerprint density at radius 3 is 2.63 bits per heavy atom. The average Bonchev–Trinajstić information content (AvgIpc) is 2.99. The first-order valence-electron chi connectivity index (χ1n) is 8.62. The lowest BCUT2D eigenvalue weighted by atomic mass is 10.2. The number of aromatic nitrogens is 2. The van der Waals surface area contributed by atoms with Gasteiger partial charge in [0.2, 0.25) is 0 Å². The van der Waals surface area contributed by atoms with Crippen molar-refractivity contribution in [1.82, 2.24) is 14.5 Å². The first-order chi connectivity index (χ1) is 12.9. The van der Waals surface area contributed by atoms with E-state index in [0.717, 1.165) is 31.9 Å². The largest absolute Gasteiger partial charge is 0.388 e. The van der Waals surface area contributed by atoms with Crippen molar-refractivity contribution in [2.75, 3.05) is 37.6 Å². The highest BCUT2D eigenvalue weighted by molar-refractivity contribution is 6.43. The van der Waals surface area contributed by atoms with E-state index in [2.05, 4.69) is 14.8 Å². The predicted molar refractivity (Wildman–Crippen MR) is 105 cm³/mol. The second-order valence-corrected chi connectivity index (χ2v) is 7.33. The normalized spacial score (nSPS) is 16.5. The molecule has 2 heterocycles. The lowest BCUT2D eigenvalue weighted by Crippen LogP contribution is -2.49. The van der Waals surface area contributed by atoms with E-state index in [-0.39, 0.29) is 12.4 Å². The zero-order valence-corrected chi connectivity index (χ0v) is 16.4. The lowest BCUT2D eigenvalue weighted by molar-refractivity contribution is -0.392. The van der Waals surface area contributed by atoms with Crippen molar-refractivity contribution in [3.8, 4) is 0 Å². The van der Waals surface area contributed by atoms with Crippen molar-refractivity contribution in [2.24, 2.45) is 0 Å². The summed E-state index contributed by atoms with van der Waals surface area (Å²) in [5, 5.41) is 22.5. The van der Waals surface area contributed by atoms with E-state index in [4.69, 9.17) is 23.2 Å². The Morgan fingerprint density at radius 1 is 1.26 bits per heavy atom. The van der Waals surface area contributed by atoms with Crippen LogP contribution < -0.4 is 4.90 Å². The van der Waals surface area contributed by atoms with Crippen LogP contribution in [0.5, 0.6) is 0 Å². The topological polar surface area (TPSA) is 87.7 Å². The minimum absolute atomic E-state index is 0.105. The smallest absolute Gasteiger partial charge is 0.342 e. The van der Waals surface area contributed by atoms with E-state index in [1.54, 1.807) is 13.0 Å². The molecular formula is C17H21Cl2N5O3. The van der Waals surface area contributed by atoms with Crippen molar-refractivity contribution in [1.29, 1.82) is 0 Å². The van der Waals surface area contributed by atoms with Crippen LogP contribution in [0.1, 0.15) is 5.82 Å². The number of halogens is 2. The van der Waals surface area contributed by atoms with Crippen molar-refractivity contribution >= 4 is 34.7 Å². The van der Waals surface area contributed by atoms with Crippen LogP contribution in [0.2, 0.25) is 10.0 Å². The standard InChI is InChI=1S/C17H21Cl2N5O3/c1-12-20-9-16(24(26)27)23(12)11-13(25)10-21-5-7-22(8-6-21)15-4-2-3-14(18)17(15)19/h2-4,9,13,25H,5-8,10-11H2,1H3. The molecule has 0 spiro atoms. The van der Waals surface area contributed by atoms with E-state index in [1.165, 1.54) is 10.8 Å². The fourth-order valence-corrected chi connectivity index (χ4v) is 3.72. The first-order valence-corrected chi connectivity index (χ1v) is 9.38. The second-order valence-electron chi connectivity index (χ2n) is 6.55. The van der Waals surface area contributed by atoms with Crippen LogP contribution in [0.15, 0.2) is 24.4 Å². The van der Waals surface area contributed by atoms with Gasteiger partial charge in [-0.05, 0) is 17.1 Å². The molecule has 146 valence electrons. The lowest BCUT2D eigenvalue weighted by Gasteiger charge is -2.37. The van der Waals surface area contributed by atoms with Crippen LogP contribution in [0, 0.1) is 17.0 Å². The second kappa shape index (κ2) is 8.43. The Morgan fingerprint density at radius 2 is 1.96 bits per heavy atom. The molecule has 1 saturated heterocycles. The van der Waals surface area contributed by atoms with Crippen LogP contribution in [-0.4, -0.2) is 63.3 Å². The first kappa shape index (κ1) is 19.9. The van der Waals surface area contributed by atoms with Gasteiger partial charge in [0.1, 0.15) is 18.8 Å². The van der Waals surface area contributed by atoms with Gasteiger partial charge in [0.05, 0.1) is 15.7 Å². The molecule has 0 saturated carbocycles. The number of β-amino-alcohol motifs (C(OH)–C–C–N with tert-alkyl or cyclic N) is 1. The molecule has 3 rings (SSSR count). The Balaban J connectivity index is 1.56. The number of piperazine rings is 1. The molecule has 1 N–H and O–H groups in total. The Bertz CT molecular complexity index is 821. The van der Waals surface area contributed by atoms with Crippen molar-refractivity contribution in [3.05, 3.63) is 50.4 Å². The van der Waals surface area contributed by atoms with Gasteiger partial charge in [0, 0.05) is 39.6 Å². The molecule has 1 aliphatic heterocycles. The maximum atomic E-state index is 11.1. The monoisotopic (exact) mass is 413 g/mol. The van der Waals surface area contributed by atoms with Crippen LogP contribution in [-0.2, 0) is 6.54 Å². The molecule has 27 heavy (non-hydrogen) atoms. The number of hydrogen-bond acceptors (Lipinski definition) is 6. The van der Waals surface area contributed by atoms with Crippen LogP contribution in [0.4, 0.5) is 11.5 Å². The van der Waals surface area contributed by atoms with Gasteiger partial charge in [-0.1, -0.05) is 29.3 Å². The minimum atomic E-state index is -0.724. The number of aryl methyl sites for hydroxylation is 1. The summed E-state index contributed by atoms with van der Waals surface area (Å²) in [5.74, 6) is 0.410. The van der Waals surface area contributed by atoms with Gasteiger partial charge in [-0.2, -0.15) is 0 Å². The zero-order chi connectivity index (χ0) is 19.6. The van der Waals surface area contributed by atoms with E-state index in [0.29, 0.717) is 22.4 Å². The summed E-state index contributed by atoms with van der Waals surface area (Å²) in [6.45, 7) is 5.30. The highest BCUT2D eigenvalue weighted by atomic mass is 35.5. The summed E-state index contributed by atoms with van der Waals surface area (Å²) in [7, 11) is 0. The summed E-state index contributed by atoms with van der Waals surface area (Å²) >= 11 is 12.4. The summed E-state index contributed by atoms with van der Waals surface area (Å²) in [4.78, 5) is 18.8. The molecule has 1 aromatic heterocycles. The summed E-state index contributed by atoms with van der Waals surface area (Å²) in [5.41, 5.74) is 0.911. The predicted octanol–water partition coefficient (Wildman–Crippen LogP) is 2.59. The Hall–Kier alpha value is -1.87. The molecule has 1 fully saturated rings. The maximum Gasteiger partial charge on any atom is 0.342 e. The van der Waals surface area contributed by atoms with Crippen LogP contribution in [0.3, 0.4) is 0 Å². The molecule has 0 aliphatic carbocycles.